The van der Waals surface area contributed by atoms with Crippen LogP contribution in [0.15, 0.2) is 18.3 Å². The highest BCUT2D eigenvalue weighted by Gasteiger charge is 2.06. The molecule has 1 aromatic rings. The molecule has 1 aromatic heterocycles. The smallest absolute Gasteiger partial charge is 0.251 e. The van der Waals surface area contributed by atoms with Crippen molar-refractivity contribution in [3.05, 3.63) is 23.9 Å². The summed E-state index contributed by atoms with van der Waals surface area (Å²) in [5.74, 6) is 0.601. The van der Waals surface area contributed by atoms with Gasteiger partial charge >= 0.3 is 0 Å². The van der Waals surface area contributed by atoms with E-state index in [1.54, 1.807) is 32.5 Å². The number of rotatable bonds is 8. The number of aromatic nitrogens is 1. The third-order valence-corrected chi connectivity index (χ3v) is 2.73. The molecule has 1 heterocycles. The molecule has 0 atom stereocenters. The van der Waals surface area contributed by atoms with E-state index in [1.807, 2.05) is 7.05 Å². The third kappa shape index (κ3) is 5.67. The molecule has 6 nitrogen and oxygen atoms in total. The summed E-state index contributed by atoms with van der Waals surface area (Å²) < 4.78 is 4.99. The van der Waals surface area contributed by atoms with Crippen molar-refractivity contribution in [1.29, 1.82) is 0 Å². The van der Waals surface area contributed by atoms with Crippen LogP contribution < -0.4 is 10.6 Å². The lowest BCUT2D eigenvalue weighted by Crippen LogP contribution is -2.34. The van der Waals surface area contributed by atoms with Gasteiger partial charge in [-0.15, -0.1) is 0 Å². The molecule has 0 saturated heterocycles. The Kier molecular flexibility index (Phi) is 6.84. The lowest BCUT2D eigenvalue weighted by atomic mass is 10.2. The van der Waals surface area contributed by atoms with Gasteiger partial charge in [-0.05, 0) is 19.2 Å². The average molecular weight is 266 g/mol. The van der Waals surface area contributed by atoms with Crippen molar-refractivity contribution in [3.8, 4) is 0 Å². The number of carbonyl (C=O) groups excluding carboxylic acids is 1. The zero-order valence-electron chi connectivity index (χ0n) is 11.8. The highest BCUT2D eigenvalue weighted by molar-refractivity contribution is 5.94. The second-order valence-corrected chi connectivity index (χ2v) is 4.23. The molecule has 2 N–H and O–H groups in total. The van der Waals surface area contributed by atoms with Crippen molar-refractivity contribution in [2.75, 3.05) is 52.8 Å². The van der Waals surface area contributed by atoms with Crippen LogP contribution in [-0.2, 0) is 4.74 Å². The highest BCUT2D eigenvalue weighted by atomic mass is 16.5. The van der Waals surface area contributed by atoms with Gasteiger partial charge in [-0.3, -0.25) is 4.79 Å². The summed E-state index contributed by atoms with van der Waals surface area (Å²) in [5, 5.41) is 5.79. The number of anilines is 1. The van der Waals surface area contributed by atoms with E-state index in [-0.39, 0.29) is 5.91 Å². The van der Waals surface area contributed by atoms with E-state index in [9.17, 15) is 4.79 Å². The van der Waals surface area contributed by atoms with Crippen molar-refractivity contribution >= 4 is 11.7 Å². The Labute approximate surface area is 114 Å². The van der Waals surface area contributed by atoms with E-state index in [2.05, 4.69) is 20.5 Å². The predicted molar refractivity (Wildman–Crippen MR) is 75.5 cm³/mol. The summed E-state index contributed by atoms with van der Waals surface area (Å²) in [6.07, 6.45) is 1.62. The topological polar surface area (TPSA) is 66.5 Å². The normalized spacial score (nSPS) is 10.5. The summed E-state index contributed by atoms with van der Waals surface area (Å²) in [4.78, 5) is 18.1. The molecular weight excluding hydrogens is 244 g/mol. The Balaban J connectivity index is 2.34. The number of amides is 1. The molecule has 6 heteroatoms. The van der Waals surface area contributed by atoms with Crippen LogP contribution in [0.5, 0.6) is 0 Å². The summed E-state index contributed by atoms with van der Waals surface area (Å²) >= 11 is 0. The third-order valence-electron chi connectivity index (χ3n) is 2.73. The quantitative estimate of drug-likeness (QED) is 0.714. The Morgan fingerprint density at radius 2 is 2.26 bits per heavy atom. The van der Waals surface area contributed by atoms with Gasteiger partial charge in [-0.25, -0.2) is 4.98 Å². The number of methoxy groups -OCH3 is 1. The second-order valence-electron chi connectivity index (χ2n) is 4.23. The zero-order chi connectivity index (χ0) is 14.1. The van der Waals surface area contributed by atoms with Gasteiger partial charge in [-0.1, -0.05) is 0 Å². The maximum absolute atomic E-state index is 11.9. The SMILES string of the molecule is CNc1cc(C(=O)NCCN(C)CCOC)ccn1. The number of nitrogens with zero attached hydrogens (tertiary/aromatic N) is 2. The van der Waals surface area contributed by atoms with Crippen molar-refractivity contribution < 1.29 is 9.53 Å². The van der Waals surface area contributed by atoms with Crippen LogP contribution in [0.25, 0.3) is 0 Å². The average Bonchev–Trinajstić information content (AvgIpc) is 2.45. The summed E-state index contributed by atoms with van der Waals surface area (Å²) in [6.45, 7) is 2.95. The van der Waals surface area contributed by atoms with Gasteiger partial charge in [0.2, 0.25) is 0 Å². The van der Waals surface area contributed by atoms with E-state index < -0.39 is 0 Å². The number of pyridine rings is 1. The maximum Gasteiger partial charge on any atom is 0.251 e. The van der Waals surface area contributed by atoms with Crippen molar-refractivity contribution in [2.45, 2.75) is 0 Å². The molecule has 0 aromatic carbocycles. The lowest BCUT2D eigenvalue weighted by Gasteiger charge is -2.16. The van der Waals surface area contributed by atoms with Crippen molar-refractivity contribution in [2.24, 2.45) is 0 Å². The second kappa shape index (κ2) is 8.44. The molecule has 1 amide bonds. The summed E-state index contributed by atoms with van der Waals surface area (Å²) in [6, 6.07) is 3.43. The van der Waals surface area contributed by atoms with Crippen molar-refractivity contribution in [3.63, 3.8) is 0 Å². The Morgan fingerprint density at radius 3 is 2.95 bits per heavy atom. The molecule has 0 aliphatic rings. The van der Waals surface area contributed by atoms with Gasteiger partial charge in [0, 0.05) is 45.6 Å². The molecular formula is C13H22N4O2. The molecule has 0 saturated carbocycles. The van der Waals surface area contributed by atoms with Crippen LogP contribution in [0.4, 0.5) is 5.82 Å². The molecule has 0 unspecified atom stereocenters. The summed E-state index contributed by atoms with van der Waals surface area (Å²) in [7, 11) is 5.45. The fourth-order valence-corrected chi connectivity index (χ4v) is 1.53. The molecule has 1 rings (SSSR count). The highest BCUT2D eigenvalue weighted by Crippen LogP contribution is 2.05. The minimum absolute atomic E-state index is 0.0842. The van der Waals surface area contributed by atoms with Crippen LogP contribution in [-0.4, -0.2) is 63.2 Å². The molecule has 0 spiro atoms. The van der Waals surface area contributed by atoms with Gasteiger partial charge in [0.05, 0.1) is 6.61 Å². The van der Waals surface area contributed by atoms with Crippen LogP contribution in [0.2, 0.25) is 0 Å². The summed E-state index contributed by atoms with van der Waals surface area (Å²) in [5.41, 5.74) is 0.610. The van der Waals surface area contributed by atoms with Crippen LogP contribution >= 0.6 is 0 Å². The zero-order valence-corrected chi connectivity index (χ0v) is 11.8. The number of ether oxygens (including phenoxy) is 1. The number of hydrogen-bond donors (Lipinski definition) is 2. The van der Waals surface area contributed by atoms with Crippen LogP contribution in [0.3, 0.4) is 0 Å². The van der Waals surface area contributed by atoms with E-state index >= 15 is 0 Å². The lowest BCUT2D eigenvalue weighted by molar-refractivity contribution is 0.0947. The fraction of sp³-hybridized carbons (Fsp3) is 0.538. The Morgan fingerprint density at radius 1 is 1.47 bits per heavy atom. The molecule has 0 aliphatic heterocycles. The Hall–Kier alpha value is -1.66. The van der Waals surface area contributed by atoms with E-state index in [4.69, 9.17) is 4.74 Å². The van der Waals surface area contributed by atoms with Crippen LogP contribution in [0.1, 0.15) is 10.4 Å². The van der Waals surface area contributed by atoms with Gasteiger partial charge in [0.25, 0.3) is 5.91 Å². The molecule has 106 valence electrons. The Bertz CT molecular complexity index is 398. The first-order valence-corrected chi connectivity index (χ1v) is 6.27. The first-order chi connectivity index (χ1) is 9.17. The van der Waals surface area contributed by atoms with E-state index in [1.165, 1.54) is 0 Å². The molecule has 0 aliphatic carbocycles. The number of hydrogen-bond acceptors (Lipinski definition) is 5. The first kappa shape index (κ1) is 15.4. The molecule has 0 radical (unpaired) electrons. The molecule has 0 fully saturated rings. The minimum Gasteiger partial charge on any atom is -0.383 e. The van der Waals surface area contributed by atoms with Gasteiger partial charge in [0.1, 0.15) is 5.82 Å². The fourth-order valence-electron chi connectivity index (χ4n) is 1.53. The number of carbonyl (C=O) groups is 1. The molecule has 0 bridgehead atoms. The van der Waals surface area contributed by atoms with Gasteiger partial charge in [-0.2, -0.15) is 0 Å². The van der Waals surface area contributed by atoms with Crippen molar-refractivity contribution in [1.82, 2.24) is 15.2 Å². The minimum atomic E-state index is -0.0842. The maximum atomic E-state index is 11.9. The van der Waals surface area contributed by atoms with Crippen LogP contribution in [0, 0.1) is 0 Å². The predicted octanol–water partition coefficient (Wildman–Crippen LogP) is 0.431. The van der Waals surface area contributed by atoms with Gasteiger partial charge < -0.3 is 20.3 Å². The first-order valence-electron chi connectivity index (χ1n) is 6.27. The monoisotopic (exact) mass is 266 g/mol. The van der Waals surface area contributed by atoms with E-state index in [0.29, 0.717) is 24.5 Å². The standard InChI is InChI=1S/C13H22N4O2/c1-14-12-10-11(4-5-15-12)13(18)16-6-7-17(2)8-9-19-3/h4-5,10H,6-9H2,1-3H3,(H,14,15)(H,16,18). The molecule has 19 heavy (non-hydrogen) atoms. The van der Waals surface area contributed by atoms with Gasteiger partial charge in [0.15, 0.2) is 0 Å². The number of likely N-dealkylation sites (N-methyl/N-ethyl adjacent to an activating group) is 1. The largest absolute Gasteiger partial charge is 0.383 e. The van der Waals surface area contributed by atoms with E-state index in [0.717, 1.165) is 13.1 Å². The number of nitrogens with one attached hydrogen (secondary N) is 2.